The molecule has 4 heterocycles. The molecule has 0 spiro atoms. The minimum Gasteiger partial charge on any atom is -0.455 e. The third-order valence-electron chi connectivity index (χ3n) is 11.0. The van der Waals surface area contributed by atoms with Crippen molar-refractivity contribution in [1.82, 2.24) is 15.0 Å². The van der Waals surface area contributed by atoms with Crippen LogP contribution in [0.2, 0.25) is 0 Å². The van der Waals surface area contributed by atoms with Crippen molar-refractivity contribution in [2.24, 2.45) is 0 Å². The molecule has 12 aromatic rings. The van der Waals surface area contributed by atoms with Crippen LogP contribution in [0.5, 0.6) is 0 Å². The zero-order chi connectivity index (χ0) is 37.5. The molecule has 0 unspecified atom stereocenters. The Hall–Kier alpha value is -7.41. The molecule has 0 aliphatic rings. The van der Waals surface area contributed by atoms with Gasteiger partial charge in [-0.15, -0.1) is 11.3 Å². The summed E-state index contributed by atoms with van der Waals surface area (Å²) < 4.78 is 16.1. The van der Waals surface area contributed by atoms with Gasteiger partial charge in [0.2, 0.25) is 0 Å². The second-order valence-electron chi connectivity index (χ2n) is 14.3. The molecule has 5 nitrogen and oxygen atoms in total. The second kappa shape index (κ2) is 12.6. The highest BCUT2D eigenvalue weighted by atomic mass is 32.1. The van der Waals surface area contributed by atoms with Crippen molar-refractivity contribution in [3.8, 4) is 56.4 Å². The Morgan fingerprint density at radius 3 is 1.74 bits per heavy atom. The van der Waals surface area contributed by atoms with E-state index in [2.05, 4.69) is 97.1 Å². The minimum absolute atomic E-state index is 0.556. The maximum Gasteiger partial charge on any atom is 0.167 e. The molecular formula is C51H29N3O2S. The van der Waals surface area contributed by atoms with Gasteiger partial charge in [0.05, 0.1) is 5.56 Å². The Labute approximate surface area is 330 Å². The molecule has 266 valence electrons. The number of thiophene rings is 1. The van der Waals surface area contributed by atoms with E-state index in [1.54, 1.807) is 0 Å². The SMILES string of the molecule is c1ccc(-c2nc(-c3ccccc3)nc(-c3cccc4c3oc3cc(-c5ccc(-c6cccc7sc8ccccc8c67)c6c5oc5ccccc56)ccc34)n2)cc1. The Balaban J connectivity index is 1.04. The fraction of sp³-hybridized carbons (Fsp3) is 0. The first-order chi connectivity index (χ1) is 28.2. The Morgan fingerprint density at radius 1 is 0.333 bits per heavy atom. The average molecular weight is 748 g/mol. The van der Waals surface area contributed by atoms with Crippen molar-refractivity contribution < 1.29 is 8.83 Å². The molecule has 0 saturated heterocycles. The third kappa shape index (κ3) is 5.04. The van der Waals surface area contributed by atoms with Gasteiger partial charge in [-0.1, -0.05) is 133 Å². The van der Waals surface area contributed by atoms with E-state index in [-0.39, 0.29) is 0 Å². The summed E-state index contributed by atoms with van der Waals surface area (Å²) in [6.07, 6.45) is 0. The van der Waals surface area contributed by atoms with Gasteiger partial charge in [-0.2, -0.15) is 0 Å². The fourth-order valence-corrected chi connectivity index (χ4v) is 9.48. The average Bonchev–Trinajstić information content (AvgIpc) is 3.98. The highest BCUT2D eigenvalue weighted by molar-refractivity contribution is 7.25. The lowest BCUT2D eigenvalue weighted by molar-refractivity contribution is 0.668. The van der Waals surface area contributed by atoms with Crippen LogP contribution in [-0.4, -0.2) is 15.0 Å². The molecule has 0 aliphatic heterocycles. The van der Waals surface area contributed by atoms with Crippen LogP contribution in [0.15, 0.2) is 185 Å². The van der Waals surface area contributed by atoms with Gasteiger partial charge in [-0.25, -0.2) is 15.0 Å². The lowest BCUT2D eigenvalue weighted by Crippen LogP contribution is -2.00. The maximum atomic E-state index is 6.81. The first kappa shape index (κ1) is 31.9. The van der Waals surface area contributed by atoms with Gasteiger partial charge in [0.15, 0.2) is 17.5 Å². The number of hydrogen-bond acceptors (Lipinski definition) is 6. The van der Waals surface area contributed by atoms with Crippen molar-refractivity contribution in [2.45, 2.75) is 0 Å². The number of benzene rings is 8. The first-order valence-corrected chi connectivity index (χ1v) is 19.7. The van der Waals surface area contributed by atoms with Crippen LogP contribution in [0, 0.1) is 0 Å². The van der Waals surface area contributed by atoms with Crippen molar-refractivity contribution in [3.05, 3.63) is 176 Å². The normalized spacial score (nSPS) is 11.9. The van der Waals surface area contributed by atoms with E-state index in [1.807, 2.05) is 90.2 Å². The smallest absolute Gasteiger partial charge is 0.167 e. The summed E-state index contributed by atoms with van der Waals surface area (Å²) in [5, 5.41) is 6.77. The number of furan rings is 2. The maximum absolute atomic E-state index is 6.81. The number of hydrogen-bond donors (Lipinski definition) is 0. The summed E-state index contributed by atoms with van der Waals surface area (Å²) in [4.78, 5) is 14.9. The molecule has 0 saturated carbocycles. The molecule has 6 heteroatoms. The summed E-state index contributed by atoms with van der Waals surface area (Å²) in [6, 6.07) is 60.8. The lowest BCUT2D eigenvalue weighted by atomic mass is 9.92. The van der Waals surface area contributed by atoms with Gasteiger partial charge in [0, 0.05) is 58.4 Å². The standard InChI is InChI=1S/C51H29N3O2S/c1-3-13-30(14-4-1)49-52-50(31-15-5-2-6-16-31)54-51(53-49)40-21-11-20-37-34-26-25-32(29-42(34)56-47(37)40)33-27-28-36(46-38-17-7-9-22-41(38)55-48(33)46)35-19-12-24-44-45(35)39-18-8-10-23-43(39)57-44/h1-29H. The van der Waals surface area contributed by atoms with Crippen LogP contribution in [0.4, 0.5) is 0 Å². The summed E-state index contributed by atoms with van der Waals surface area (Å²) in [6.45, 7) is 0. The Bertz CT molecular complexity index is 3470. The molecular weight excluding hydrogens is 719 g/mol. The highest BCUT2D eigenvalue weighted by Gasteiger charge is 2.22. The van der Waals surface area contributed by atoms with E-state index in [0.29, 0.717) is 17.5 Å². The van der Waals surface area contributed by atoms with Crippen molar-refractivity contribution in [2.75, 3.05) is 0 Å². The third-order valence-corrected chi connectivity index (χ3v) is 12.1. The second-order valence-corrected chi connectivity index (χ2v) is 15.4. The number of para-hydroxylation sites is 2. The zero-order valence-electron chi connectivity index (χ0n) is 30.3. The molecule has 0 atom stereocenters. The zero-order valence-corrected chi connectivity index (χ0v) is 31.1. The molecule has 0 N–H and O–H groups in total. The number of rotatable bonds is 5. The summed E-state index contributed by atoms with van der Waals surface area (Å²) in [7, 11) is 0. The van der Waals surface area contributed by atoms with Gasteiger partial charge in [0.1, 0.15) is 22.3 Å². The van der Waals surface area contributed by atoms with E-state index in [1.165, 1.54) is 25.7 Å². The molecule has 4 aromatic heterocycles. The number of aromatic nitrogens is 3. The van der Waals surface area contributed by atoms with Gasteiger partial charge >= 0.3 is 0 Å². The van der Waals surface area contributed by atoms with Crippen LogP contribution in [0.3, 0.4) is 0 Å². The van der Waals surface area contributed by atoms with Gasteiger partial charge < -0.3 is 8.83 Å². The quantitative estimate of drug-likeness (QED) is 0.175. The van der Waals surface area contributed by atoms with Crippen molar-refractivity contribution in [3.63, 3.8) is 0 Å². The molecule has 0 aliphatic carbocycles. The molecule has 0 fully saturated rings. The van der Waals surface area contributed by atoms with E-state index < -0.39 is 0 Å². The largest absolute Gasteiger partial charge is 0.455 e. The Morgan fingerprint density at radius 2 is 0.930 bits per heavy atom. The predicted molar refractivity (Wildman–Crippen MR) is 234 cm³/mol. The van der Waals surface area contributed by atoms with Gasteiger partial charge in [0.25, 0.3) is 0 Å². The van der Waals surface area contributed by atoms with E-state index in [0.717, 1.165) is 77.3 Å². The fourth-order valence-electron chi connectivity index (χ4n) is 8.35. The molecule has 12 rings (SSSR count). The van der Waals surface area contributed by atoms with E-state index in [4.69, 9.17) is 23.8 Å². The van der Waals surface area contributed by atoms with Crippen molar-refractivity contribution >= 4 is 75.4 Å². The van der Waals surface area contributed by atoms with E-state index in [9.17, 15) is 0 Å². The van der Waals surface area contributed by atoms with Crippen LogP contribution in [-0.2, 0) is 0 Å². The van der Waals surface area contributed by atoms with Crippen LogP contribution in [0.25, 0.3) is 120 Å². The van der Waals surface area contributed by atoms with Crippen molar-refractivity contribution in [1.29, 1.82) is 0 Å². The summed E-state index contributed by atoms with van der Waals surface area (Å²) in [5.41, 5.74) is 10.2. The van der Waals surface area contributed by atoms with Gasteiger partial charge in [-0.05, 0) is 59.2 Å². The molecule has 57 heavy (non-hydrogen) atoms. The lowest BCUT2D eigenvalue weighted by Gasteiger charge is -2.10. The topological polar surface area (TPSA) is 65.0 Å². The minimum atomic E-state index is 0.556. The van der Waals surface area contributed by atoms with Gasteiger partial charge in [-0.3, -0.25) is 0 Å². The molecule has 0 bridgehead atoms. The molecule has 0 radical (unpaired) electrons. The van der Waals surface area contributed by atoms with Crippen LogP contribution < -0.4 is 0 Å². The molecule has 0 amide bonds. The Kier molecular flexibility index (Phi) is 7.03. The number of nitrogens with zero attached hydrogens (tertiary/aromatic N) is 3. The predicted octanol–water partition coefficient (Wildman–Crippen LogP) is 14.4. The first-order valence-electron chi connectivity index (χ1n) is 18.9. The van der Waals surface area contributed by atoms with E-state index >= 15 is 0 Å². The monoisotopic (exact) mass is 747 g/mol. The molecule has 8 aromatic carbocycles. The summed E-state index contributed by atoms with van der Waals surface area (Å²) >= 11 is 1.84. The highest BCUT2D eigenvalue weighted by Crippen LogP contribution is 2.47. The summed E-state index contributed by atoms with van der Waals surface area (Å²) in [5.74, 6) is 1.77. The van der Waals surface area contributed by atoms with Crippen LogP contribution in [0.1, 0.15) is 0 Å². The number of fused-ring (bicyclic) bond motifs is 9. The van der Waals surface area contributed by atoms with Crippen LogP contribution >= 0.6 is 11.3 Å².